The maximum atomic E-state index is 12.0. The molecule has 4 nitrogen and oxygen atoms in total. The molecule has 0 aliphatic heterocycles. The molecule has 4 heteroatoms. The summed E-state index contributed by atoms with van der Waals surface area (Å²) < 4.78 is 4.95. The summed E-state index contributed by atoms with van der Waals surface area (Å²) in [5.74, 6) is 0.298. The Hall–Kier alpha value is -0.610. The van der Waals surface area contributed by atoms with Crippen LogP contribution in [-0.2, 0) is 9.53 Å². The van der Waals surface area contributed by atoms with Crippen LogP contribution in [0, 0.1) is 11.3 Å². The summed E-state index contributed by atoms with van der Waals surface area (Å²) >= 11 is 0. The average molecular weight is 215 g/mol. The minimum absolute atomic E-state index is 0.0165. The molecule has 1 saturated carbocycles. The number of carbonyl (C=O) groups is 1. The molecule has 1 rings (SSSR count). The van der Waals surface area contributed by atoms with E-state index in [1.54, 1.807) is 12.0 Å². The third-order valence-corrected chi connectivity index (χ3v) is 3.06. The first-order chi connectivity index (χ1) is 7.03. The van der Waals surface area contributed by atoms with Gasteiger partial charge in [-0.3, -0.25) is 4.79 Å². The van der Waals surface area contributed by atoms with Gasteiger partial charge >= 0.3 is 0 Å². The predicted molar refractivity (Wildman–Crippen MR) is 57.4 cm³/mol. The van der Waals surface area contributed by atoms with Crippen LogP contribution in [0.3, 0.4) is 0 Å². The van der Waals surface area contributed by atoms with Crippen molar-refractivity contribution in [3.05, 3.63) is 0 Å². The van der Waals surface area contributed by atoms with Crippen molar-refractivity contribution in [2.24, 2.45) is 11.3 Å². The third kappa shape index (κ3) is 3.18. The third-order valence-electron chi connectivity index (χ3n) is 3.06. The summed E-state index contributed by atoms with van der Waals surface area (Å²) in [6.45, 7) is 5.73. The van der Waals surface area contributed by atoms with Crippen LogP contribution in [0.2, 0.25) is 0 Å². The van der Waals surface area contributed by atoms with Gasteiger partial charge in [0.2, 0.25) is 5.91 Å². The molecule has 1 unspecified atom stereocenters. The van der Waals surface area contributed by atoms with Gasteiger partial charge in [-0.25, -0.2) is 0 Å². The Morgan fingerprint density at radius 1 is 1.53 bits per heavy atom. The van der Waals surface area contributed by atoms with Crippen molar-refractivity contribution < 1.29 is 14.6 Å². The van der Waals surface area contributed by atoms with E-state index in [0.717, 1.165) is 6.42 Å². The molecule has 0 saturated heterocycles. The quantitative estimate of drug-likeness (QED) is 0.702. The molecule has 0 aromatic carbocycles. The highest BCUT2D eigenvalue weighted by atomic mass is 16.5. The average Bonchev–Trinajstić information content (AvgIpc) is 2.81. The Kier molecular flexibility index (Phi) is 4.11. The smallest absolute Gasteiger partial charge is 0.226 e. The monoisotopic (exact) mass is 215 g/mol. The lowest BCUT2D eigenvalue weighted by atomic mass is 10.1. The molecular formula is C11H21NO3. The second kappa shape index (κ2) is 4.94. The van der Waals surface area contributed by atoms with E-state index in [4.69, 9.17) is 9.84 Å². The molecule has 0 radical (unpaired) electrons. The summed E-state index contributed by atoms with van der Waals surface area (Å²) in [6.07, 6.45) is 0.959. The summed E-state index contributed by atoms with van der Waals surface area (Å²) in [6, 6.07) is 0. The van der Waals surface area contributed by atoms with Crippen LogP contribution in [0.5, 0.6) is 0 Å². The van der Waals surface area contributed by atoms with E-state index in [1.165, 1.54) is 0 Å². The van der Waals surface area contributed by atoms with Gasteiger partial charge in [0.25, 0.3) is 0 Å². The minimum Gasteiger partial charge on any atom is -0.395 e. The van der Waals surface area contributed by atoms with E-state index in [0.29, 0.717) is 19.7 Å². The Balaban J connectivity index is 2.45. The highest BCUT2D eigenvalue weighted by molar-refractivity contribution is 5.82. The predicted octanol–water partition coefficient (Wildman–Crippen LogP) is 0.500. The van der Waals surface area contributed by atoms with Gasteiger partial charge in [-0.05, 0) is 11.8 Å². The first-order valence-corrected chi connectivity index (χ1v) is 5.41. The maximum absolute atomic E-state index is 12.0. The number of carbonyl (C=O) groups excluding carboxylic acids is 1. The number of ether oxygens (including phenoxy) is 1. The maximum Gasteiger partial charge on any atom is 0.226 e. The van der Waals surface area contributed by atoms with Gasteiger partial charge in [-0.15, -0.1) is 0 Å². The fraction of sp³-hybridized carbons (Fsp3) is 0.909. The van der Waals surface area contributed by atoms with E-state index < -0.39 is 0 Å². The normalized spacial score (nSPS) is 22.5. The highest BCUT2D eigenvalue weighted by Crippen LogP contribution is 2.52. The Morgan fingerprint density at radius 2 is 2.13 bits per heavy atom. The number of aliphatic hydroxyl groups is 1. The van der Waals surface area contributed by atoms with Crippen LogP contribution in [0.15, 0.2) is 0 Å². The van der Waals surface area contributed by atoms with Crippen molar-refractivity contribution in [1.82, 2.24) is 4.90 Å². The summed E-state index contributed by atoms with van der Waals surface area (Å²) in [7, 11) is 1.61. The molecule has 0 aromatic heterocycles. The van der Waals surface area contributed by atoms with Crippen molar-refractivity contribution in [2.45, 2.75) is 20.3 Å². The number of hydrogen-bond donors (Lipinski definition) is 1. The molecule has 0 bridgehead atoms. The van der Waals surface area contributed by atoms with Gasteiger partial charge < -0.3 is 14.7 Å². The van der Waals surface area contributed by atoms with Crippen LogP contribution >= 0.6 is 0 Å². The number of methoxy groups -OCH3 is 1. The van der Waals surface area contributed by atoms with E-state index in [2.05, 4.69) is 13.8 Å². The molecule has 1 atom stereocenters. The van der Waals surface area contributed by atoms with Crippen molar-refractivity contribution in [2.75, 3.05) is 33.4 Å². The fourth-order valence-corrected chi connectivity index (χ4v) is 1.76. The number of nitrogens with zero attached hydrogens (tertiary/aromatic N) is 1. The second-order valence-electron chi connectivity index (χ2n) is 4.79. The van der Waals surface area contributed by atoms with Crippen molar-refractivity contribution >= 4 is 5.91 Å². The Morgan fingerprint density at radius 3 is 2.53 bits per heavy atom. The zero-order valence-electron chi connectivity index (χ0n) is 9.82. The molecule has 88 valence electrons. The SMILES string of the molecule is COCCN(CCO)C(=O)C1CC1(C)C. The van der Waals surface area contributed by atoms with E-state index >= 15 is 0 Å². The van der Waals surface area contributed by atoms with Crippen LogP contribution in [0.25, 0.3) is 0 Å². The van der Waals surface area contributed by atoms with Gasteiger partial charge in [0, 0.05) is 26.1 Å². The van der Waals surface area contributed by atoms with E-state index in [1.807, 2.05) is 0 Å². The van der Waals surface area contributed by atoms with Crippen LogP contribution < -0.4 is 0 Å². The highest BCUT2D eigenvalue weighted by Gasteiger charge is 2.51. The largest absolute Gasteiger partial charge is 0.395 e. The van der Waals surface area contributed by atoms with Crippen LogP contribution in [0.1, 0.15) is 20.3 Å². The van der Waals surface area contributed by atoms with Gasteiger partial charge in [-0.1, -0.05) is 13.8 Å². The Labute approximate surface area is 91.2 Å². The lowest BCUT2D eigenvalue weighted by Crippen LogP contribution is -2.37. The number of hydrogen-bond acceptors (Lipinski definition) is 3. The molecule has 1 N–H and O–H groups in total. The molecule has 15 heavy (non-hydrogen) atoms. The van der Waals surface area contributed by atoms with E-state index in [-0.39, 0.29) is 23.8 Å². The molecular weight excluding hydrogens is 194 g/mol. The first-order valence-electron chi connectivity index (χ1n) is 5.41. The molecule has 1 aliphatic carbocycles. The second-order valence-corrected chi connectivity index (χ2v) is 4.79. The zero-order valence-corrected chi connectivity index (χ0v) is 9.82. The molecule has 1 aliphatic rings. The fourth-order valence-electron chi connectivity index (χ4n) is 1.76. The summed E-state index contributed by atoms with van der Waals surface area (Å²) in [5.41, 5.74) is 0.151. The van der Waals surface area contributed by atoms with Gasteiger partial charge in [-0.2, -0.15) is 0 Å². The molecule has 1 fully saturated rings. The van der Waals surface area contributed by atoms with Crippen LogP contribution in [0.4, 0.5) is 0 Å². The van der Waals surface area contributed by atoms with E-state index in [9.17, 15) is 4.79 Å². The zero-order chi connectivity index (χ0) is 11.5. The van der Waals surface area contributed by atoms with Gasteiger partial charge in [0.15, 0.2) is 0 Å². The lowest BCUT2D eigenvalue weighted by Gasteiger charge is -2.22. The molecule has 0 heterocycles. The molecule has 0 spiro atoms. The van der Waals surface area contributed by atoms with Crippen LogP contribution in [-0.4, -0.2) is 49.3 Å². The number of amides is 1. The minimum atomic E-state index is 0.0165. The van der Waals surface area contributed by atoms with Gasteiger partial charge in [0.05, 0.1) is 13.2 Å². The number of rotatable bonds is 6. The number of aliphatic hydroxyl groups excluding tert-OH is 1. The molecule has 0 aromatic rings. The summed E-state index contributed by atoms with van der Waals surface area (Å²) in [5, 5.41) is 8.88. The van der Waals surface area contributed by atoms with Crippen molar-refractivity contribution in [3.63, 3.8) is 0 Å². The van der Waals surface area contributed by atoms with Crippen molar-refractivity contribution in [3.8, 4) is 0 Å². The lowest BCUT2D eigenvalue weighted by molar-refractivity contribution is -0.134. The van der Waals surface area contributed by atoms with Gasteiger partial charge in [0.1, 0.15) is 0 Å². The summed E-state index contributed by atoms with van der Waals surface area (Å²) in [4.78, 5) is 13.7. The molecule has 1 amide bonds. The van der Waals surface area contributed by atoms with Crippen molar-refractivity contribution in [1.29, 1.82) is 0 Å². The first kappa shape index (κ1) is 12.5. The Bertz CT molecular complexity index is 228. The topological polar surface area (TPSA) is 49.8 Å². The standard InChI is InChI=1S/C11H21NO3/c1-11(2)8-9(11)10(14)12(4-6-13)5-7-15-3/h9,13H,4-8H2,1-3H3.